The number of benzene rings is 1. The third kappa shape index (κ3) is 4.29. The molecular formula is C19H23ClN2O2S. The Balaban J connectivity index is 0.00000225. The molecule has 3 rings (SSSR count). The third-order valence-electron chi connectivity index (χ3n) is 4.49. The zero-order valence-corrected chi connectivity index (χ0v) is 16.1. The summed E-state index contributed by atoms with van der Waals surface area (Å²) < 4.78 is 0. The van der Waals surface area contributed by atoms with Crippen molar-refractivity contribution in [3.8, 4) is 0 Å². The number of aryl methyl sites for hydroxylation is 1. The summed E-state index contributed by atoms with van der Waals surface area (Å²) in [5.74, 6) is 0.0101. The molecule has 1 aromatic carbocycles. The van der Waals surface area contributed by atoms with E-state index in [1.165, 1.54) is 23.8 Å². The average molecular weight is 379 g/mol. The third-order valence-corrected chi connectivity index (χ3v) is 5.41. The van der Waals surface area contributed by atoms with Gasteiger partial charge in [0.15, 0.2) is 5.78 Å². The SMILES string of the molecule is CCc1ccc(C2CNCCN2C(=O)c2cc(C(C)=O)cs2)cc1.Cl. The number of ketones is 1. The quantitative estimate of drug-likeness (QED) is 0.825. The molecule has 134 valence electrons. The van der Waals surface area contributed by atoms with Crippen LogP contribution >= 0.6 is 23.7 Å². The molecule has 1 N–H and O–H groups in total. The van der Waals surface area contributed by atoms with Gasteiger partial charge in [0.2, 0.25) is 0 Å². The van der Waals surface area contributed by atoms with Gasteiger partial charge in [-0.15, -0.1) is 23.7 Å². The first-order valence-electron chi connectivity index (χ1n) is 8.30. The number of rotatable bonds is 4. The summed E-state index contributed by atoms with van der Waals surface area (Å²) in [5, 5.41) is 5.14. The molecule has 0 spiro atoms. The zero-order valence-electron chi connectivity index (χ0n) is 14.5. The van der Waals surface area contributed by atoms with Crippen LogP contribution in [-0.2, 0) is 6.42 Å². The molecule has 1 aliphatic heterocycles. The molecule has 1 unspecified atom stereocenters. The smallest absolute Gasteiger partial charge is 0.264 e. The van der Waals surface area contributed by atoms with Gasteiger partial charge in [0.1, 0.15) is 0 Å². The molecule has 1 aliphatic rings. The number of amides is 1. The Hall–Kier alpha value is -1.69. The van der Waals surface area contributed by atoms with Crippen molar-refractivity contribution in [1.82, 2.24) is 10.2 Å². The first kappa shape index (κ1) is 19.6. The highest BCUT2D eigenvalue weighted by Crippen LogP contribution is 2.27. The van der Waals surface area contributed by atoms with Crippen LogP contribution in [0.4, 0.5) is 0 Å². The van der Waals surface area contributed by atoms with Crippen LogP contribution in [0.2, 0.25) is 0 Å². The van der Waals surface area contributed by atoms with Gasteiger partial charge in [-0.3, -0.25) is 9.59 Å². The van der Waals surface area contributed by atoms with E-state index in [0.717, 1.165) is 25.1 Å². The second-order valence-electron chi connectivity index (χ2n) is 6.07. The molecule has 4 nitrogen and oxygen atoms in total. The van der Waals surface area contributed by atoms with E-state index in [2.05, 4.69) is 36.5 Å². The maximum atomic E-state index is 12.9. The predicted octanol–water partition coefficient (Wildman–Crippen LogP) is 3.72. The Morgan fingerprint density at radius 1 is 1.28 bits per heavy atom. The number of Topliss-reactive ketones (excluding diaryl/α,β-unsaturated/α-hetero) is 1. The zero-order chi connectivity index (χ0) is 17.1. The normalized spacial score (nSPS) is 17.0. The van der Waals surface area contributed by atoms with Crippen molar-refractivity contribution in [3.05, 3.63) is 57.3 Å². The lowest BCUT2D eigenvalue weighted by atomic mass is 10.0. The van der Waals surface area contributed by atoms with Gasteiger partial charge in [0.05, 0.1) is 10.9 Å². The lowest BCUT2D eigenvalue weighted by Crippen LogP contribution is -2.48. The molecular weight excluding hydrogens is 356 g/mol. The number of halogens is 1. The van der Waals surface area contributed by atoms with E-state index in [1.54, 1.807) is 11.4 Å². The number of hydrogen-bond acceptors (Lipinski definition) is 4. The molecule has 1 atom stereocenters. The summed E-state index contributed by atoms with van der Waals surface area (Å²) in [4.78, 5) is 27.0. The summed E-state index contributed by atoms with van der Waals surface area (Å²) in [6.45, 7) is 5.88. The van der Waals surface area contributed by atoms with Crippen LogP contribution in [0.3, 0.4) is 0 Å². The molecule has 0 aliphatic carbocycles. The highest BCUT2D eigenvalue weighted by Gasteiger charge is 2.29. The van der Waals surface area contributed by atoms with Crippen LogP contribution in [0.15, 0.2) is 35.7 Å². The fourth-order valence-electron chi connectivity index (χ4n) is 3.00. The highest BCUT2D eigenvalue weighted by molar-refractivity contribution is 7.12. The Labute approximate surface area is 158 Å². The Bertz CT molecular complexity index is 742. The molecule has 0 radical (unpaired) electrons. The number of carbonyl (C=O) groups excluding carboxylic acids is 2. The molecule has 0 bridgehead atoms. The van der Waals surface area contributed by atoms with Gasteiger partial charge in [0, 0.05) is 30.6 Å². The van der Waals surface area contributed by atoms with Crippen LogP contribution in [0, 0.1) is 0 Å². The Morgan fingerprint density at radius 3 is 2.60 bits per heavy atom. The van der Waals surface area contributed by atoms with Crippen molar-refractivity contribution in [2.24, 2.45) is 0 Å². The second-order valence-corrected chi connectivity index (χ2v) is 6.98. The minimum Gasteiger partial charge on any atom is -0.328 e. The van der Waals surface area contributed by atoms with E-state index >= 15 is 0 Å². The molecule has 1 amide bonds. The number of thiophene rings is 1. The minimum absolute atomic E-state index is 0. The van der Waals surface area contributed by atoms with Crippen LogP contribution < -0.4 is 5.32 Å². The van der Waals surface area contributed by atoms with Crippen LogP contribution in [-0.4, -0.2) is 36.2 Å². The van der Waals surface area contributed by atoms with Crippen molar-refractivity contribution in [1.29, 1.82) is 0 Å². The van der Waals surface area contributed by atoms with Crippen molar-refractivity contribution in [2.75, 3.05) is 19.6 Å². The van der Waals surface area contributed by atoms with Crippen molar-refractivity contribution >= 4 is 35.4 Å². The lowest BCUT2D eigenvalue weighted by Gasteiger charge is -2.36. The summed E-state index contributed by atoms with van der Waals surface area (Å²) in [6.07, 6.45) is 1.01. The van der Waals surface area contributed by atoms with Crippen LogP contribution in [0.5, 0.6) is 0 Å². The number of hydrogen-bond donors (Lipinski definition) is 1. The first-order chi connectivity index (χ1) is 11.6. The van der Waals surface area contributed by atoms with Crippen molar-refractivity contribution in [2.45, 2.75) is 26.3 Å². The number of nitrogens with zero attached hydrogens (tertiary/aromatic N) is 1. The van der Waals surface area contributed by atoms with E-state index in [0.29, 0.717) is 17.0 Å². The number of nitrogens with one attached hydrogen (secondary N) is 1. The fraction of sp³-hybridized carbons (Fsp3) is 0.368. The van der Waals surface area contributed by atoms with Gasteiger partial charge in [-0.2, -0.15) is 0 Å². The van der Waals surface area contributed by atoms with Gasteiger partial charge in [-0.05, 0) is 30.5 Å². The van der Waals surface area contributed by atoms with Gasteiger partial charge < -0.3 is 10.2 Å². The standard InChI is InChI=1S/C19H22N2O2S.ClH/c1-3-14-4-6-15(7-5-14)17-11-20-8-9-21(17)19(23)18-10-16(12-24-18)13(2)22;/h4-7,10,12,17,20H,3,8-9,11H2,1-2H3;1H. The molecule has 1 saturated heterocycles. The number of carbonyl (C=O) groups is 2. The largest absolute Gasteiger partial charge is 0.328 e. The predicted molar refractivity (Wildman–Crippen MR) is 104 cm³/mol. The highest BCUT2D eigenvalue weighted by atomic mass is 35.5. The van der Waals surface area contributed by atoms with Gasteiger partial charge in [0.25, 0.3) is 5.91 Å². The summed E-state index contributed by atoms with van der Waals surface area (Å²) in [5.41, 5.74) is 3.06. The molecule has 2 aromatic rings. The van der Waals surface area contributed by atoms with E-state index in [9.17, 15) is 9.59 Å². The monoisotopic (exact) mass is 378 g/mol. The Morgan fingerprint density at radius 2 is 2.00 bits per heavy atom. The number of piperazine rings is 1. The van der Waals surface area contributed by atoms with E-state index in [4.69, 9.17) is 0 Å². The lowest BCUT2D eigenvalue weighted by molar-refractivity contribution is 0.0639. The molecule has 0 saturated carbocycles. The van der Waals surface area contributed by atoms with Crippen LogP contribution in [0.25, 0.3) is 0 Å². The maximum absolute atomic E-state index is 12.9. The molecule has 1 fully saturated rings. The van der Waals surface area contributed by atoms with E-state index in [1.807, 2.05) is 4.90 Å². The van der Waals surface area contributed by atoms with Crippen molar-refractivity contribution in [3.63, 3.8) is 0 Å². The fourth-order valence-corrected chi connectivity index (χ4v) is 3.90. The minimum atomic E-state index is -0.00249. The topological polar surface area (TPSA) is 49.4 Å². The average Bonchev–Trinajstić information content (AvgIpc) is 3.12. The van der Waals surface area contributed by atoms with Gasteiger partial charge in [-0.1, -0.05) is 31.2 Å². The van der Waals surface area contributed by atoms with E-state index in [-0.39, 0.29) is 30.1 Å². The van der Waals surface area contributed by atoms with Gasteiger partial charge in [-0.25, -0.2) is 0 Å². The summed E-state index contributed by atoms with van der Waals surface area (Å²) >= 11 is 1.35. The van der Waals surface area contributed by atoms with Crippen molar-refractivity contribution < 1.29 is 9.59 Å². The second kappa shape index (κ2) is 8.61. The molecule has 2 heterocycles. The summed E-state index contributed by atoms with van der Waals surface area (Å²) in [6, 6.07) is 10.2. The molecule has 25 heavy (non-hydrogen) atoms. The van der Waals surface area contributed by atoms with E-state index < -0.39 is 0 Å². The summed E-state index contributed by atoms with van der Waals surface area (Å²) in [7, 11) is 0. The first-order valence-corrected chi connectivity index (χ1v) is 9.18. The molecule has 1 aromatic heterocycles. The van der Waals surface area contributed by atoms with Crippen LogP contribution in [0.1, 0.15) is 51.0 Å². The Kier molecular flexibility index (Phi) is 6.76. The molecule has 6 heteroatoms. The maximum Gasteiger partial charge on any atom is 0.264 e. The van der Waals surface area contributed by atoms with Gasteiger partial charge >= 0.3 is 0 Å².